The van der Waals surface area contributed by atoms with Gasteiger partial charge in [0.2, 0.25) is 0 Å². The Morgan fingerprint density at radius 2 is 1.89 bits per heavy atom. The van der Waals surface area contributed by atoms with Crippen molar-refractivity contribution in [2.24, 2.45) is 0 Å². The molecular formula is C22H14ClF6I2N3O. The van der Waals surface area contributed by atoms with Gasteiger partial charge in [-0.1, -0.05) is 0 Å². The number of alkyl halides is 6. The van der Waals surface area contributed by atoms with Crippen molar-refractivity contribution in [2.75, 3.05) is 0 Å². The Balaban J connectivity index is 1.76. The molecule has 4 rings (SSSR count). The first-order chi connectivity index (χ1) is 16.5. The van der Waals surface area contributed by atoms with Crippen LogP contribution in [0, 0.1) is 0 Å². The van der Waals surface area contributed by atoms with Crippen LogP contribution in [0.2, 0.25) is 5.02 Å². The van der Waals surface area contributed by atoms with Gasteiger partial charge in [0, 0.05) is 0 Å². The number of pyridine rings is 1. The van der Waals surface area contributed by atoms with E-state index in [0.29, 0.717) is 0 Å². The van der Waals surface area contributed by atoms with Crippen LogP contribution in [0.5, 0.6) is 0 Å². The number of nitrogens with one attached hydrogen (secondary N) is 2. The summed E-state index contributed by atoms with van der Waals surface area (Å²) in [7, 11) is 0. The number of benzene rings is 1. The molecule has 1 unspecified atom stereocenters. The maximum absolute atomic E-state index is 13.9. The molecule has 35 heavy (non-hydrogen) atoms. The molecule has 2 aromatic heterocycles. The van der Waals surface area contributed by atoms with Gasteiger partial charge in [-0.15, -0.1) is 0 Å². The molecule has 0 fully saturated rings. The molecule has 0 saturated heterocycles. The Bertz CT molecular complexity index is 1380. The number of rotatable bonds is 4. The topological polar surface area (TPSA) is 49.0 Å². The molecule has 1 amide bonds. The van der Waals surface area contributed by atoms with Crippen LogP contribution in [0.25, 0.3) is 16.9 Å². The fraction of sp³-hybridized carbons (Fsp3) is 0.136. The summed E-state index contributed by atoms with van der Waals surface area (Å²) in [6.07, 6.45) is -3.11. The van der Waals surface area contributed by atoms with E-state index in [1.165, 1.54) is 28.8 Å². The summed E-state index contributed by atoms with van der Waals surface area (Å²) >= 11 is 4.73. The molecule has 1 aliphatic heterocycles. The third-order valence-corrected chi connectivity index (χ3v) is 14.1. The molecule has 0 bridgehead atoms. The van der Waals surface area contributed by atoms with Crippen LogP contribution < -0.4 is 26.9 Å². The van der Waals surface area contributed by atoms with E-state index in [2.05, 4.69) is 10.3 Å². The van der Waals surface area contributed by atoms with E-state index in [4.69, 9.17) is 11.6 Å². The summed E-state index contributed by atoms with van der Waals surface area (Å²) in [5.41, 5.74) is -0.737. The van der Waals surface area contributed by atoms with Crippen molar-refractivity contribution in [3.8, 4) is 11.4 Å². The van der Waals surface area contributed by atoms with Gasteiger partial charge in [0.1, 0.15) is 0 Å². The molecule has 0 saturated carbocycles. The third-order valence-electron chi connectivity index (χ3n) is 4.87. The Kier molecular flexibility index (Phi) is 7.62. The van der Waals surface area contributed by atoms with Crippen molar-refractivity contribution >= 4 is 43.3 Å². The number of H-pyrrole nitrogens is 1. The second-order valence-corrected chi connectivity index (χ2v) is 16.3. The Morgan fingerprint density at radius 1 is 1.11 bits per heavy atom. The number of carbonyl (C=O) groups is 1. The number of hydrogen-bond donors (Lipinski definition) is 2. The number of fused-ring (bicyclic) bond motifs is 1. The molecule has 2 N–H and O–H groups in total. The van der Waals surface area contributed by atoms with Gasteiger partial charge in [0.05, 0.1) is 0 Å². The Morgan fingerprint density at radius 3 is 2.57 bits per heavy atom. The van der Waals surface area contributed by atoms with Crippen LogP contribution in [0.3, 0.4) is 0 Å². The standard InChI is InChI=1S/C22H13ClF6I2N3O/c23-14-11-12(21(24,25)26)7-8-13(14)19-32-17(16-6-2-4-10-34(16)19)20(35)33-18(22(27,28)29)15-5-1-3-9-30-31-15/h1-11,18H,(H,33,35)/q-1/p+1. The number of hydrogen-bond acceptors (Lipinski definition) is 1. The zero-order chi connectivity index (χ0) is 25.4. The van der Waals surface area contributed by atoms with Crippen molar-refractivity contribution in [1.29, 1.82) is 0 Å². The molecule has 3 heterocycles. The maximum atomic E-state index is 13.9. The fourth-order valence-electron chi connectivity index (χ4n) is 3.30. The molecule has 1 aliphatic rings. The van der Waals surface area contributed by atoms with Crippen LogP contribution >= 0.6 is 28.4 Å². The third kappa shape index (κ3) is 5.74. The number of nitrogens with zero attached hydrogens (tertiary/aromatic N) is 1. The van der Waals surface area contributed by atoms with E-state index in [-0.39, 0.29) is 31.1 Å². The van der Waals surface area contributed by atoms with Gasteiger partial charge in [-0.05, 0) is 0 Å². The fourth-order valence-corrected chi connectivity index (χ4v) is 11.7. The summed E-state index contributed by atoms with van der Waals surface area (Å²) < 4.78 is 84.3. The van der Waals surface area contributed by atoms with Crippen molar-refractivity contribution < 1.29 is 52.8 Å². The molecule has 3 aromatic rings. The summed E-state index contributed by atoms with van der Waals surface area (Å²) in [5.74, 6) is -0.844. The number of allylic oxidation sites excluding steroid dienone is 2. The Hall–Kier alpha value is -1.94. The van der Waals surface area contributed by atoms with E-state index in [1.807, 2.05) is 4.08 Å². The average Bonchev–Trinajstić information content (AvgIpc) is 2.96. The molecule has 186 valence electrons. The van der Waals surface area contributed by atoms with Crippen LogP contribution in [0.15, 0.2) is 64.9 Å². The first-order valence-corrected chi connectivity index (χ1v) is 18.7. The molecular weight excluding hydrogens is 726 g/mol. The Labute approximate surface area is 216 Å². The predicted octanol–water partition coefficient (Wildman–Crippen LogP) is 2.98. The van der Waals surface area contributed by atoms with Gasteiger partial charge < -0.3 is 0 Å². The van der Waals surface area contributed by atoms with E-state index in [9.17, 15) is 31.1 Å². The van der Waals surface area contributed by atoms with E-state index in [0.717, 1.165) is 18.2 Å². The molecule has 0 spiro atoms. The number of aromatic nitrogens is 2. The van der Waals surface area contributed by atoms with Gasteiger partial charge in [0.25, 0.3) is 0 Å². The van der Waals surface area contributed by atoms with Crippen molar-refractivity contribution in [3.05, 3.63) is 81.2 Å². The number of carbonyl (C=O) groups excluding carboxylic acids is 1. The zero-order valence-corrected chi connectivity index (χ0v) is 22.3. The summed E-state index contributed by atoms with van der Waals surface area (Å²) in [6.45, 7) is 0. The molecule has 0 aliphatic carbocycles. The van der Waals surface area contributed by atoms with Gasteiger partial charge >= 0.3 is 204 Å². The van der Waals surface area contributed by atoms with E-state index < -0.39 is 63.9 Å². The van der Waals surface area contributed by atoms with E-state index in [1.54, 1.807) is 18.2 Å². The van der Waals surface area contributed by atoms with Crippen molar-refractivity contribution in [1.82, 2.24) is 10.3 Å². The van der Waals surface area contributed by atoms with Gasteiger partial charge in [-0.2, -0.15) is 13.2 Å². The minimum absolute atomic E-state index is 0.148. The monoisotopic (exact) mass is 739 g/mol. The molecule has 1 atom stereocenters. The molecule has 4 nitrogen and oxygen atoms in total. The van der Waals surface area contributed by atoms with Gasteiger partial charge in [-0.3, -0.25) is 0 Å². The second-order valence-electron chi connectivity index (χ2n) is 7.16. The number of aromatic amines is 1. The molecule has 13 heteroatoms. The van der Waals surface area contributed by atoms with Crippen molar-refractivity contribution in [3.63, 3.8) is 0 Å². The van der Waals surface area contributed by atoms with Gasteiger partial charge in [-0.25, -0.2) is 0 Å². The molecule has 1 aromatic carbocycles. The zero-order valence-electron chi connectivity index (χ0n) is 17.2. The van der Waals surface area contributed by atoms with Crippen molar-refractivity contribution in [2.45, 2.75) is 18.4 Å². The van der Waals surface area contributed by atoms with E-state index >= 15 is 0 Å². The quantitative estimate of drug-likeness (QED) is 0.242. The number of imidazole rings is 1. The number of halogens is 9. The average molecular weight is 740 g/mol. The van der Waals surface area contributed by atoms with Crippen LogP contribution in [0.1, 0.15) is 16.1 Å². The first kappa shape index (κ1) is 26.1. The van der Waals surface area contributed by atoms with Crippen LogP contribution in [-0.4, -0.2) is 26.6 Å². The normalized spacial score (nSPS) is 15.6. The summed E-state index contributed by atoms with van der Waals surface area (Å²) in [5, 5.41) is 1.87. The minimum atomic E-state index is -4.70. The predicted molar refractivity (Wildman–Crippen MR) is 124 cm³/mol. The molecule has 0 radical (unpaired) electrons. The van der Waals surface area contributed by atoms with Gasteiger partial charge in [0.15, 0.2) is 0 Å². The summed E-state index contributed by atoms with van der Waals surface area (Å²) in [4.78, 5) is 15.9. The summed E-state index contributed by atoms with van der Waals surface area (Å²) in [6, 6.07) is 5.30. The number of amides is 1. The SMILES string of the molecule is O=C(NC(C1=I[I-]C=CC=C1)C(F)(F)F)c1[nH]c(-c2ccc(C(F)(F)F)cc2Cl)[n+]2ccccc12. The van der Waals surface area contributed by atoms with Crippen LogP contribution in [-0.2, 0) is 6.18 Å². The van der Waals surface area contributed by atoms with Crippen LogP contribution in [0.4, 0.5) is 26.3 Å². The first-order valence-electron chi connectivity index (χ1n) is 9.71. The second kappa shape index (κ2) is 10.2.